The summed E-state index contributed by atoms with van der Waals surface area (Å²) in [6.07, 6.45) is 0.982. The van der Waals surface area contributed by atoms with Crippen LogP contribution in [0.1, 0.15) is 19.4 Å². The standard InChI is InChI=1S/C19H19N3OS3/c1-3-14-9-11-15(12-10-14)20-17(23)13(2)25-18-21-22(19(24)26-18)16-7-5-4-6-8-16/h4-13H,3H2,1-2H3,(H,20,23). The zero-order valence-corrected chi connectivity index (χ0v) is 17.0. The molecule has 1 N–H and O–H groups in total. The quantitative estimate of drug-likeness (QED) is 0.447. The zero-order chi connectivity index (χ0) is 18.5. The summed E-state index contributed by atoms with van der Waals surface area (Å²) in [7, 11) is 0. The Hall–Kier alpha value is -1.96. The average Bonchev–Trinajstić information content (AvgIpc) is 3.03. The molecule has 1 amide bonds. The van der Waals surface area contributed by atoms with Gasteiger partial charge in [0.25, 0.3) is 0 Å². The Morgan fingerprint density at radius 2 is 1.92 bits per heavy atom. The lowest BCUT2D eigenvalue weighted by atomic mass is 10.1. The molecule has 1 aromatic heterocycles. The van der Waals surface area contributed by atoms with Gasteiger partial charge in [0.05, 0.1) is 10.9 Å². The van der Waals surface area contributed by atoms with Crippen molar-refractivity contribution >= 4 is 46.9 Å². The molecular formula is C19H19N3OS3. The minimum absolute atomic E-state index is 0.0494. The van der Waals surface area contributed by atoms with Crippen LogP contribution in [-0.2, 0) is 11.2 Å². The van der Waals surface area contributed by atoms with Crippen molar-refractivity contribution in [1.29, 1.82) is 0 Å². The number of nitrogens with zero attached hydrogens (tertiary/aromatic N) is 2. The van der Waals surface area contributed by atoms with Gasteiger partial charge >= 0.3 is 0 Å². The van der Waals surface area contributed by atoms with Crippen molar-refractivity contribution in [2.45, 2.75) is 29.9 Å². The second-order valence-corrected chi connectivity index (χ2v) is 8.89. The Balaban J connectivity index is 1.66. The first kappa shape index (κ1) is 18.8. The molecule has 0 aliphatic carbocycles. The summed E-state index contributed by atoms with van der Waals surface area (Å²) in [6, 6.07) is 17.7. The predicted octanol–water partition coefficient (Wildman–Crippen LogP) is 5.34. The number of benzene rings is 2. The Morgan fingerprint density at radius 3 is 2.58 bits per heavy atom. The van der Waals surface area contributed by atoms with Gasteiger partial charge in [0.15, 0.2) is 8.29 Å². The van der Waals surface area contributed by atoms with E-state index in [0.29, 0.717) is 3.95 Å². The van der Waals surface area contributed by atoms with Gasteiger partial charge in [-0.05, 0) is 55.4 Å². The van der Waals surface area contributed by atoms with E-state index in [0.717, 1.165) is 22.1 Å². The highest BCUT2D eigenvalue weighted by Gasteiger charge is 2.17. The van der Waals surface area contributed by atoms with Crippen molar-refractivity contribution in [1.82, 2.24) is 9.78 Å². The second kappa shape index (κ2) is 8.62. The predicted molar refractivity (Wildman–Crippen MR) is 112 cm³/mol. The summed E-state index contributed by atoms with van der Waals surface area (Å²) >= 11 is 8.24. The molecule has 1 atom stereocenters. The van der Waals surface area contributed by atoms with Crippen LogP contribution in [-0.4, -0.2) is 20.9 Å². The number of carbonyl (C=O) groups is 1. The van der Waals surface area contributed by atoms with E-state index in [1.165, 1.54) is 28.7 Å². The van der Waals surface area contributed by atoms with Crippen molar-refractivity contribution in [3.05, 3.63) is 64.1 Å². The molecular weight excluding hydrogens is 382 g/mol. The largest absolute Gasteiger partial charge is 0.325 e. The second-order valence-electron chi connectivity index (χ2n) is 5.68. The SMILES string of the molecule is CCc1ccc(NC(=O)C(C)Sc2nn(-c3ccccc3)c(=S)s2)cc1. The summed E-state index contributed by atoms with van der Waals surface area (Å²) in [6.45, 7) is 3.98. The topological polar surface area (TPSA) is 46.9 Å². The van der Waals surface area contributed by atoms with Crippen LogP contribution in [0, 0.1) is 3.95 Å². The van der Waals surface area contributed by atoms with E-state index in [2.05, 4.69) is 17.3 Å². The number of hydrogen-bond donors (Lipinski definition) is 1. The summed E-state index contributed by atoms with van der Waals surface area (Å²) in [5.41, 5.74) is 2.98. The summed E-state index contributed by atoms with van der Waals surface area (Å²) in [4.78, 5) is 12.4. The highest BCUT2D eigenvalue weighted by Crippen LogP contribution is 2.28. The lowest BCUT2D eigenvalue weighted by molar-refractivity contribution is -0.115. The van der Waals surface area contributed by atoms with Gasteiger partial charge in [-0.2, -0.15) is 0 Å². The van der Waals surface area contributed by atoms with E-state index in [1.54, 1.807) is 4.68 Å². The Bertz CT molecular complexity index is 933. The van der Waals surface area contributed by atoms with Crippen molar-refractivity contribution < 1.29 is 4.79 Å². The first-order valence-electron chi connectivity index (χ1n) is 8.29. The molecule has 3 aromatic rings. The molecule has 0 bridgehead atoms. The molecule has 134 valence electrons. The van der Waals surface area contributed by atoms with Gasteiger partial charge in [-0.15, -0.1) is 5.10 Å². The number of rotatable bonds is 6. The molecule has 0 radical (unpaired) electrons. The van der Waals surface area contributed by atoms with E-state index >= 15 is 0 Å². The van der Waals surface area contributed by atoms with E-state index < -0.39 is 0 Å². The molecule has 0 fully saturated rings. The Morgan fingerprint density at radius 1 is 1.23 bits per heavy atom. The molecule has 0 saturated heterocycles. The molecule has 1 unspecified atom stereocenters. The van der Waals surface area contributed by atoms with Crippen molar-refractivity contribution in [2.75, 3.05) is 5.32 Å². The van der Waals surface area contributed by atoms with E-state index in [9.17, 15) is 4.79 Å². The maximum atomic E-state index is 12.4. The maximum absolute atomic E-state index is 12.4. The first-order valence-corrected chi connectivity index (χ1v) is 10.4. The number of amides is 1. The van der Waals surface area contributed by atoms with E-state index in [1.807, 2.05) is 61.5 Å². The number of carbonyl (C=O) groups excluding carboxylic acids is 1. The van der Waals surface area contributed by atoms with Crippen LogP contribution in [0.3, 0.4) is 0 Å². The fraction of sp³-hybridized carbons (Fsp3) is 0.211. The van der Waals surface area contributed by atoms with Crippen LogP contribution in [0.5, 0.6) is 0 Å². The molecule has 0 spiro atoms. The molecule has 26 heavy (non-hydrogen) atoms. The highest BCUT2D eigenvalue weighted by atomic mass is 32.2. The normalized spacial score (nSPS) is 11.9. The van der Waals surface area contributed by atoms with Crippen molar-refractivity contribution in [3.8, 4) is 5.69 Å². The van der Waals surface area contributed by atoms with Crippen LogP contribution in [0.15, 0.2) is 58.9 Å². The van der Waals surface area contributed by atoms with Gasteiger partial charge in [-0.3, -0.25) is 4.79 Å². The minimum atomic E-state index is -0.273. The van der Waals surface area contributed by atoms with Gasteiger partial charge in [-0.25, -0.2) is 4.68 Å². The fourth-order valence-electron chi connectivity index (χ4n) is 2.31. The lowest BCUT2D eigenvalue weighted by Crippen LogP contribution is -2.22. The molecule has 4 nitrogen and oxygen atoms in total. The van der Waals surface area contributed by atoms with Crippen LogP contribution in [0.4, 0.5) is 5.69 Å². The van der Waals surface area contributed by atoms with E-state index in [4.69, 9.17) is 12.2 Å². The minimum Gasteiger partial charge on any atom is -0.325 e. The van der Waals surface area contributed by atoms with Gasteiger partial charge in [-0.1, -0.05) is 60.4 Å². The first-order chi connectivity index (χ1) is 12.6. The van der Waals surface area contributed by atoms with Crippen molar-refractivity contribution in [3.63, 3.8) is 0 Å². The number of thioether (sulfide) groups is 1. The maximum Gasteiger partial charge on any atom is 0.237 e. The highest BCUT2D eigenvalue weighted by molar-refractivity contribution is 8.02. The van der Waals surface area contributed by atoms with Crippen LogP contribution >= 0.6 is 35.3 Å². The Labute approximate surface area is 166 Å². The summed E-state index contributed by atoms with van der Waals surface area (Å²) in [5, 5.41) is 7.22. The third kappa shape index (κ3) is 4.60. The van der Waals surface area contributed by atoms with E-state index in [-0.39, 0.29) is 11.2 Å². The van der Waals surface area contributed by atoms with Gasteiger partial charge < -0.3 is 5.32 Å². The van der Waals surface area contributed by atoms with Crippen LogP contribution in [0.2, 0.25) is 0 Å². The van der Waals surface area contributed by atoms with Gasteiger partial charge in [0.2, 0.25) is 5.91 Å². The number of nitrogens with one attached hydrogen (secondary N) is 1. The fourth-order valence-corrected chi connectivity index (χ4v) is 4.82. The third-order valence-corrected chi connectivity index (χ3v) is 6.22. The average molecular weight is 402 g/mol. The summed E-state index contributed by atoms with van der Waals surface area (Å²) in [5.74, 6) is -0.0494. The number of para-hydroxylation sites is 1. The van der Waals surface area contributed by atoms with Crippen molar-refractivity contribution in [2.24, 2.45) is 0 Å². The number of aromatic nitrogens is 2. The smallest absolute Gasteiger partial charge is 0.237 e. The Kier molecular flexibility index (Phi) is 6.24. The summed E-state index contributed by atoms with van der Waals surface area (Å²) < 4.78 is 3.18. The molecule has 0 aliphatic heterocycles. The third-order valence-electron chi connectivity index (χ3n) is 3.81. The van der Waals surface area contributed by atoms with Gasteiger partial charge in [0, 0.05) is 5.69 Å². The molecule has 0 aliphatic rings. The molecule has 3 rings (SSSR count). The zero-order valence-electron chi connectivity index (χ0n) is 14.5. The molecule has 2 aromatic carbocycles. The lowest BCUT2D eigenvalue weighted by Gasteiger charge is -2.10. The van der Waals surface area contributed by atoms with Crippen LogP contribution in [0.25, 0.3) is 5.69 Å². The van der Waals surface area contributed by atoms with Crippen LogP contribution < -0.4 is 5.32 Å². The van der Waals surface area contributed by atoms with Gasteiger partial charge in [0.1, 0.15) is 0 Å². The molecule has 7 heteroatoms. The number of anilines is 1. The number of aryl methyl sites for hydroxylation is 1. The molecule has 0 saturated carbocycles. The monoisotopic (exact) mass is 401 g/mol. The molecule has 1 heterocycles. The number of hydrogen-bond acceptors (Lipinski definition) is 5.